The van der Waals surface area contributed by atoms with Gasteiger partial charge in [0.2, 0.25) is 0 Å². The number of carbonyl (C=O) groups is 2. The molecular formula is C12H19N5O2S. The molecule has 1 aliphatic heterocycles. The Morgan fingerprint density at radius 3 is 2.55 bits per heavy atom. The summed E-state index contributed by atoms with van der Waals surface area (Å²) in [4.78, 5) is 23.5. The predicted octanol–water partition coefficient (Wildman–Crippen LogP) is -0.0473. The second-order valence-corrected chi connectivity index (χ2v) is 5.68. The fraction of sp³-hybridized carbons (Fsp3) is 0.500. The van der Waals surface area contributed by atoms with Crippen LogP contribution in [0.1, 0.15) is 32.9 Å². The predicted molar refractivity (Wildman–Crippen MR) is 80.2 cm³/mol. The van der Waals surface area contributed by atoms with Crippen molar-refractivity contribution in [2.75, 3.05) is 31.2 Å². The number of carbonyl (C=O) groups excluding carboxylic acids is 2. The van der Waals surface area contributed by atoms with E-state index in [4.69, 9.17) is 11.5 Å². The lowest BCUT2D eigenvalue weighted by atomic mass is 10.1. The highest BCUT2D eigenvalue weighted by Crippen LogP contribution is 2.36. The number of hydrogen-bond donors (Lipinski definition) is 5. The van der Waals surface area contributed by atoms with Gasteiger partial charge in [-0.3, -0.25) is 9.59 Å². The summed E-state index contributed by atoms with van der Waals surface area (Å²) in [5.74, 6) is -0.932. The number of amides is 2. The van der Waals surface area contributed by atoms with Crippen molar-refractivity contribution in [3.8, 4) is 0 Å². The standard InChI is InChI=1S/C12H19N5O2S/c1-15-11(19)7-8(13)9(10(14)18)20-12(7)17-6-2-4-16-5-3-6/h6,16-17H,2-5,13H2,1H3,(H2,14,18)(H,15,19). The van der Waals surface area contributed by atoms with E-state index in [0.717, 1.165) is 37.3 Å². The summed E-state index contributed by atoms with van der Waals surface area (Å²) in [5, 5.41) is 9.73. The van der Waals surface area contributed by atoms with Gasteiger partial charge in [-0.25, -0.2) is 0 Å². The van der Waals surface area contributed by atoms with Gasteiger partial charge in [-0.2, -0.15) is 0 Å². The molecule has 110 valence electrons. The second-order valence-electron chi connectivity index (χ2n) is 4.66. The van der Waals surface area contributed by atoms with Crippen molar-refractivity contribution in [1.29, 1.82) is 0 Å². The van der Waals surface area contributed by atoms with Gasteiger partial charge in [0.05, 0.1) is 11.3 Å². The van der Waals surface area contributed by atoms with Gasteiger partial charge in [0.1, 0.15) is 9.88 Å². The van der Waals surface area contributed by atoms with Crippen LogP contribution in [0.15, 0.2) is 0 Å². The van der Waals surface area contributed by atoms with E-state index in [1.54, 1.807) is 0 Å². The van der Waals surface area contributed by atoms with Crippen molar-refractivity contribution >= 4 is 33.8 Å². The first-order valence-corrected chi connectivity index (χ1v) is 7.27. The van der Waals surface area contributed by atoms with Gasteiger partial charge in [-0.1, -0.05) is 0 Å². The Balaban J connectivity index is 2.32. The first-order valence-electron chi connectivity index (χ1n) is 6.46. The fourth-order valence-electron chi connectivity index (χ4n) is 2.23. The molecule has 7 nitrogen and oxygen atoms in total. The lowest BCUT2D eigenvalue weighted by Crippen LogP contribution is -2.35. The molecule has 8 heteroatoms. The fourth-order valence-corrected chi connectivity index (χ4v) is 3.28. The minimum atomic E-state index is -0.615. The Morgan fingerprint density at radius 1 is 1.35 bits per heavy atom. The molecule has 0 unspecified atom stereocenters. The topological polar surface area (TPSA) is 122 Å². The largest absolute Gasteiger partial charge is 0.397 e. The van der Waals surface area contributed by atoms with E-state index in [-0.39, 0.29) is 22.5 Å². The minimum Gasteiger partial charge on any atom is -0.397 e. The van der Waals surface area contributed by atoms with Crippen molar-refractivity contribution in [3.05, 3.63) is 10.4 Å². The van der Waals surface area contributed by atoms with Crippen LogP contribution in [-0.2, 0) is 0 Å². The monoisotopic (exact) mass is 297 g/mol. The molecule has 0 spiro atoms. The molecule has 1 fully saturated rings. The van der Waals surface area contributed by atoms with Crippen molar-refractivity contribution in [3.63, 3.8) is 0 Å². The number of thiophene rings is 1. The van der Waals surface area contributed by atoms with Crippen LogP contribution in [0.4, 0.5) is 10.7 Å². The Hall–Kier alpha value is -1.80. The SMILES string of the molecule is CNC(=O)c1c(NC2CCNCC2)sc(C(N)=O)c1N. The van der Waals surface area contributed by atoms with Crippen LogP contribution in [0.3, 0.4) is 0 Å². The third-order valence-electron chi connectivity index (χ3n) is 3.30. The molecule has 1 aliphatic rings. The molecule has 2 heterocycles. The molecule has 2 amide bonds. The molecule has 2 rings (SSSR count). The Labute approximate surface area is 121 Å². The van der Waals surface area contributed by atoms with E-state index >= 15 is 0 Å². The third-order valence-corrected chi connectivity index (χ3v) is 4.45. The summed E-state index contributed by atoms with van der Waals surface area (Å²) >= 11 is 1.14. The van der Waals surface area contributed by atoms with Gasteiger partial charge in [0, 0.05) is 13.1 Å². The molecule has 0 bridgehead atoms. The molecule has 0 saturated carbocycles. The van der Waals surface area contributed by atoms with Crippen LogP contribution in [0.5, 0.6) is 0 Å². The summed E-state index contributed by atoms with van der Waals surface area (Å²) in [6.07, 6.45) is 1.91. The smallest absolute Gasteiger partial charge is 0.260 e. The van der Waals surface area contributed by atoms with E-state index in [9.17, 15) is 9.59 Å². The zero-order chi connectivity index (χ0) is 14.7. The molecule has 7 N–H and O–H groups in total. The van der Waals surface area contributed by atoms with Crippen LogP contribution in [-0.4, -0.2) is 38.0 Å². The zero-order valence-corrected chi connectivity index (χ0v) is 12.1. The van der Waals surface area contributed by atoms with Gasteiger partial charge in [0.25, 0.3) is 11.8 Å². The molecule has 0 aromatic carbocycles. The summed E-state index contributed by atoms with van der Waals surface area (Å²) in [5.41, 5.74) is 11.6. The van der Waals surface area contributed by atoms with Crippen molar-refractivity contribution in [2.24, 2.45) is 5.73 Å². The van der Waals surface area contributed by atoms with Gasteiger partial charge in [-0.15, -0.1) is 11.3 Å². The first-order chi connectivity index (χ1) is 9.54. The van der Waals surface area contributed by atoms with Crippen molar-refractivity contribution in [2.45, 2.75) is 18.9 Å². The van der Waals surface area contributed by atoms with Crippen LogP contribution in [0.25, 0.3) is 0 Å². The maximum absolute atomic E-state index is 11.9. The van der Waals surface area contributed by atoms with Gasteiger partial charge in [-0.05, 0) is 25.9 Å². The lowest BCUT2D eigenvalue weighted by Gasteiger charge is -2.24. The number of nitrogens with one attached hydrogen (secondary N) is 3. The number of piperidine rings is 1. The van der Waals surface area contributed by atoms with Gasteiger partial charge < -0.3 is 27.4 Å². The number of primary amides is 1. The van der Waals surface area contributed by atoms with Gasteiger partial charge >= 0.3 is 0 Å². The summed E-state index contributed by atoms with van der Waals surface area (Å²) in [7, 11) is 1.53. The van der Waals surface area contributed by atoms with E-state index in [2.05, 4.69) is 16.0 Å². The normalized spacial score (nSPS) is 15.8. The molecule has 0 radical (unpaired) electrons. The maximum Gasteiger partial charge on any atom is 0.260 e. The highest BCUT2D eigenvalue weighted by Gasteiger charge is 2.25. The number of nitrogens with two attached hydrogens (primary N) is 2. The van der Waals surface area contributed by atoms with E-state index < -0.39 is 5.91 Å². The summed E-state index contributed by atoms with van der Waals surface area (Å²) in [6.45, 7) is 1.85. The Bertz CT molecular complexity index is 522. The number of rotatable bonds is 4. The average Bonchev–Trinajstić information content (AvgIpc) is 2.76. The van der Waals surface area contributed by atoms with Gasteiger partial charge in [0.15, 0.2) is 0 Å². The third kappa shape index (κ3) is 2.86. The highest BCUT2D eigenvalue weighted by atomic mass is 32.1. The van der Waals surface area contributed by atoms with Crippen LogP contribution >= 0.6 is 11.3 Å². The average molecular weight is 297 g/mol. The summed E-state index contributed by atoms with van der Waals surface area (Å²) < 4.78 is 0. The van der Waals surface area contributed by atoms with Crippen LogP contribution in [0, 0.1) is 0 Å². The Morgan fingerprint density at radius 2 is 2.00 bits per heavy atom. The summed E-state index contributed by atoms with van der Waals surface area (Å²) in [6, 6.07) is 0.262. The van der Waals surface area contributed by atoms with Crippen LogP contribution < -0.4 is 27.4 Å². The molecule has 20 heavy (non-hydrogen) atoms. The highest BCUT2D eigenvalue weighted by molar-refractivity contribution is 7.19. The number of anilines is 2. The van der Waals surface area contributed by atoms with E-state index in [0.29, 0.717) is 10.6 Å². The molecule has 1 aromatic rings. The zero-order valence-electron chi connectivity index (χ0n) is 11.3. The maximum atomic E-state index is 11.9. The second kappa shape index (κ2) is 6.10. The van der Waals surface area contributed by atoms with Crippen molar-refractivity contribution < 1.29 is 9.59 Å². The molecule has 1 aromatic heterocycles. The van der Waals surface area contributed by atoms with E-state index in [1.807, 2.05) is 0 Å². The molecule has 0 aliphatic carbocycles. The first kappa shape index (κ1) is 14.6. The quantitative estimate of drug-likeness (QED) is 0.533. The number of hydrogen-bond acceptors (Lipinski definition) is 6. The Kier molecular flexibility index (Phi) is 4.46. The number of nitrogen functional groups attached to an aromatic ring is 1. The van der Waals surface area contributed by atoms with Crippen molar-refractivity contribution in [1.82, 2.24) is 10.6 Å². The lowest BCUT2D eigenvalue weighted by molar-refractivity contribution is 0.0964. The molecular weight excluding hydrogens is 278 g/mol. The molecule has 1 saturated heterocycles. The van der Waals surface area contributed by atoms with E-state index in [1.165, 1.54) is 7.05 Å². The molecule has 0 atom stereocenters. The van der Waals surface area contributed by atoms with Crippen LogP contribution in [0.2, 0.25) is 0 Å². The minimum absolute atomic E-state index is 0.151.